The van der Waals surface area contributed by atoms with Crippen LogP contribution in [0.25, 0.3) is 10.9 Å². The number of fused-ring (bicyclic) bond motifs is 1. The van der Waals surface area contributed by atoms with Crippen LogP contribution in [0.4, 0.5) is 5.69 Å². The number of hydrogen-bond donors (Lipinski definition) is 0. The predicted molar refractivity (Wildman–Crippen MR) is 83.5 cm³/mol. The van der Waals surface area contributed by atoms with E-state index in [-0.39, 0.29) is 0 Å². The molecule has 106 valence electrons. The van der Waals surface area contributed by atoms with Gasteiger partial charge in [0.15, 0.2) is 0 Å². The van der Waals surface area contributed by atoms with E-state index in [0.29, 0.717) is 6.10 Å². The molecule has 0 aliphatic carbocycles. The van der Waals surface area contributed by atoms with E-state index in [1.807, 2.05) is 19.4 Å². The standard InChI is InChI=1S/C17H22N2O/c1-12-11-13(2)17(16-15(12)5-4-8-18-16)19-9-6-14(20-3)7-10-19/h4-5,8,11,14H,6-7,9-10H2,1-3H3. The van der Waals surface area contributed by atoms with Gasteiger partial charge in [0.2, 0.25) is 0 Å². The van der Waals surface area contributed by atoms with Crippen LogP contribution in [0.2, 0.25) is 0 Å². The number of nitrogens with zero attached hydrogens (tertiary/aromatic N) is 2. The molecule has 0 spiro atoms. The van der Waals surface area contributed by atoms with Crippen molar-refractivity contribution in [2.75, 3.05) is 25.1 Å². The first-order valence-corrected chi connectivity index (χ1v) is 7.33. The first-order chi connectivity index (χ1) is 9.70. The third kappa shape index (κ3) is 2.27. The molecule has 0 saturated carbocycles. The first-order valence-electron chi connectivity index (χ1n) is 7.33. The van der Waals surface area contributed by atoms with Crippen LogP contribution in [-0.2, 0) is 4.74 Å². The molecule has 0 unspecified atom stereocenters. The topological polar surface area (TPSA) is 25.4 Å². The van der Waals surface area contributed by atoms with Gasteiger partial charge in [-0.3, -0.25) is 4.98 Å². The highest BCUT2D eigenvalue weighted by atomic mass is 16.5. The van der Waals surface area contributed by atoms with E-state index >= 15 is 0 Å². The van der Waals surface area contributed by atoms with E-state index < -0.39 is 0 Å². The minimum atomic E-state index is 0.413. The fourth-order valence-electron chi connectivity index (χ4n) is 3.28. The van der Waals surface area contributed by atoms with Gasteiger partial charge in [-0.2, -0.15) is 0 Å². The molecule has 3 rings (SSSR count). The third-order valence-electron chi connectivity index (χ3n) is 4.35. The second-order valence-electron chi connectivity index (χ2n) is 5.68. The summed E-state index contributed by atoms with van der Waals surface area (Å²) in [4.78, 5) is 7.12. The number of benzene rings is 1. The van der Waals surface area contributed by atoms with Gasteiger partial charge < -0.3 is 9.64 Å². The molecule has 0 radical (unpaired) electrons. The van der Waals surface area contributed by atoms with Crippen LogP contribution in [0.1, 0.15) is 24.0 Å². The van der Waals surface area contributed by atoms with Gasteiger partial charge in [0.1, 0.15) is 0 Å². The van der Waals surface area contributed by atoms with Crippen LogP contribution in [0.15, 0.2) is 24.4 Å². The Morgan fingerprint density at radius 3 is 2.65 bits per heavy atom. The van der Waals surface area contributed by atoms with Gasteiger partial charge in [0, 0.05) is 31.8 Å². The van der Waals surface area contributed by atoms with E-state index in [4.69, 9.17) is 4.74 Å². The number of ether oxygens (including phenoxy) is 1. The third-order valence-corrected chi connectivity index (χ3v) is 4.35. The molecule has 1 aliphatic rings. The molecule has 1 aromatic heterocycles. The van der Waals surface area contributed by atoms with Gasteiger partial charge in [-0.25, -0.2) is 0 Å². The van der Waals surface area contributed by atoms with Gasteiger partial charge in [-0.05, 0) is 43.9 Å². The zero-order valence-corrected chi connectivity index (χ0v) is 12.5. The summed E-state index contributed by atoms with van der Waals surface area (Å²) in [6, 6.07) is 6.47. The highest BCUT2D eigenvalue weighted by molar-refractivity contribution is 5.94. The van der Waals surface area contributed by atoms with Crippen molar-refractivity contribution in [3.63, 3.8) is 0 Å². The number of aromatic nitrogens is 1. The highest BCUT2D eigenvalue weighted by Gasteiger charge is 2.22. The Labute approximate surface area is 120 Å². The lowest BCUT2D eigenvalue weighted by Crippen LogP contribution is -2.37. The molecule has 3 nitrogen and oxygen atoms in total. The molecular formula is C17H22N2O. The van der Waals surface area contributed by atoms with Gasteiger partial charge >= 0.3 is 0 Å². The summed E-state index contributed by atoms with van der Waals surface area (Å²) in [5.41, 5.74) is 5.08. The lowest BCUT2D eigenvalue weighted by atomic mass is 10.0. The molecule has 2 heterocycles. The lowest BCUT2D eigenvalue weighted by Gasteiger charge is -2.34. The Bertz CT molecular complexity index is 616. The molecule has 0 N–H and O–H groups in total. The summed E-state index contributed by atoms with van der Waals surface area (Å²) in [6.07, 6.45) is 4.50. The number of methoxy groups -OCH3 is 1. The largest absolute Gasteiger partial charge is 0.381 e. The Morgan fingerprint density at radius 2 is 1.95 bits per heavy atom. The second kappa shape index (κ2) is 5.41. The van der Waals surface area contributed by atoms with Crippen LogP contribution in [0.5, 0.6) is 0 Å². The fraction of sp³-hybridized carbons (Fsp3) is 0.471. The molecule has 0 atom stereocenters. The summed E-state index contributed by atoms with van der Waals surface area (Å²) in [5.74, 6) is 0. The van der Waals surface area contributed by atoms with Gasteiger partial charge in [0.05, 0.1) is 17.3 Å². The van der Waals surface area contributed by atoms with Gasteiger partial charge in [0.25, 0.3) is 0 Å². The van der Waals surface area contributed by atoms with Crippen molar-refractivity contribution in [3.8, 4) is 0 Å². The van der Waals surface area contributed by atoms with Crippen molar-refractivity contribution >= 4 is 16.6 Å². The van der Waals surface area contributed by atoms with Gasteiger partial charge in [-0.15, -0.1) is 0 Å². The van der Waals surface area contributed by atoms with Gasteiger partial charge in [-0.1, -0.05) is 12.1 Å². The average molecular weight is 270 g/mol. The summed E-state index contributed by atoms with van der Waals surface area (Å²) >= 11 is 0. The molecule has 1 saturated heterocycles. The van der Waals surface area contributed by atoms with Crippen LogP contribution in [0.3, 0.4) is 0 Å². The van der Waals surface area contributed by atoms with E-state index in [2.05, 4.69) is 35.9 Å². The Hall–Kier alpha value is -1.61. The quantitative estimate of drug-likeness (QED) is 0.835. The molecule has 3 heteroatoms. The molecule has 1 aliphatic heterocycles. The molecule has 2 aromatic rings. The zero-order chi connectivity index (χ0) is 14.1. The molecule has 1 fully saturated rings. The number of rotatable bonds is 2. The smallest absolute Gasteiger partial charge is 0.0940 e. The minimum Gasteiger partial charge on any atom is -0.381 e. The Morgan fingerprint density at radius 1 is 1.20 bits per heavy atom. The summed E-state index contributed by atoms with van der Waals surface area (Å²) in [7, 11) is 1.81. The molecule has 20 heavy (non-hydrogen) atoms. The maximum Gasteiger partial charge on any atom is 0.0940 e. The van der Waals surface area contributed by atoms with Crippen molar-refractivity contribution in [2.24, 2.45) is 0 Å². The molecule has 1 aromatic carbocycles. The lowest BCUT2D eigenvalue weighted by molar-refractivity contribution is 0.0819. The monoisotopic (exact) mass is 270 g/mol. The van der Waals surface area contributed by atoms with Crippen molar-refractivity contribution in [3.05, 3.63) is 35.5 Å². The Balaban J connectivity index is 2.03. The van der Waals surface area contributed by atoms with Crippen molar-refractivity contribution < 1.29 is 4.74 Å². The normalized spacial score (nSPS) is 16.9. The molecule has 0 bridgehead atoms. The number of hydrogen-bond acceptors (Lipinski definition) is 3. The van der Waals surface area contributed by atoms with E-state index in [9.17, 15) is 0 Å². The minimum absolute atomic E-state index is 0.413. The maximum atomic E-state index is 5.47. The summed E-state index contributed by atoms with van der Waals surface area (Å²) < 4.78 is 5.47. The van der Waals surface area contributed by atoms with Crippen molar-refractivity contribution in [2.45, 2.75) is 32.8 Å². The van der Waals surface area contributed by atoms with Crippen LogP contribution in [0, 0.1) is 13.8 Å². The number of pyridine rings is 1. The SMILES string of the molecule is COC1CCN(c2c(C)cc(C)c3cccnc23)CC1. The van der Waals surface area contributed by atoms with Crippen molar-refractivity contribution in [1.82, 2.24) is 4.98 Å². The number of piperidine rings is 1. The average Bonchev–Trinajstić information content (AvgIpc) is 2.48. The highest BCUT2D eigenvalue weighted by Crippen LogP contribution is 2.33. The van der Waals surface area contributed by atoms with Crippen LogP contribution in [-0.4, -0.2) is 31.3 Å². The Kier molecular flexibility index (Phi) is 3.62. The predicted octanol–water partition coefficient (Wildman–Crippen LogP) is 3.47. The summed E-state index contributed by atoms with van der Waals surface area (Å²) in [6.45, 7) is 6.46. The van der Waals surface area contributed by atoms with Crippen LogP contribution < -0.4 is 4.90 Å². The van der Waals surface area contributed by atoms with Crippen LogP contribution >= 0.6 is 0 Å². The molecule has 0 amide bonds. The number of aryl methyl sites for hydroxylation is 2. The molecular weight excluding hydrogens is 248 g/mol. The van der Waals surface area contributed by atoms with E-state index in [1.54, 1.807) is 0 Å². The second-order valence-corrected chi connectivity index (χ2v) is 5.68. The van der Waals surface area contributed by atoms with Crippen molar-refractivity contribution in [1.29, 1.82) is 0 Å². The fourth-order valence-corrected chi connectivity index (χ4v) is 3.28. The van der Waals surface area contributed by atoms with E-state index in [0.717, 1.165) is 31.4 Å². The number of anilines is 1. The zero-order valence-electron chi connectivity index (χ0n) is 12.5. The summed E-state index contributed by atoms with van der Waals surface area (Å²) in [5, 5.41) is 1.27. The van der Waals surface area contributed by atoms with E-state index in [1.165, 1.54) is 22.2 Å². The maximum absolute atomic E-state index is 5.47. The first kappa shape index (κ1) is 13.4.